The van der Waals surface area contributed by atoms with Crippen molar-refractivity contribution in [1.82, 2.24) is 20.1 Å². The van der Waals surface area contributed by atoms with E-state index in [4.69, 9.17) is 0 Å². The number of nitrogens with zero attached hydrogens (tertiary/aromatic N) is 3. The molecule has 0 aliphatic heterocycles. The van der Waals surface area contributed by atoms with E-state index in [2.05, 4.69) is 15.4 Å². The van der Waals surface area contributed by atoms with Crippen molar-refractivity contribution in [2.45, 2.75) is 6.04 Å². The SMILES string of the molecule is O=C(NC(c1ccccc1)c1ccncc1)c1ccn(-c2ccc(F)cc2)n1. The Labute approximate surface area is 161 Å². The largest absolute Gasteiger partial charge is 0.340 e. The lowest BCUT2D eigenvalue weighted by molar-refractivity contribution is 0.0937. The van der Waals surface area contributed by atoms with Gasteiger partial charge in [-0.05, 0) is 53.6 Å². The van der Waals surface area contributed by atoms with Crippen LogP contribution in [0.1, 0.15) is 27.7 Å². The Hall–Kier alpha value is -3.80. The average molecular weight is 372 g/mol. The van der Waals surface area contributed by atoms with Crippen molar-refractivity contribution in [1.29, 1.82) is 0 Å². The molecule has 138 valence electrons. The fraction of sp³-hybridized carbons (Fsp3) is 0.0455. The number of amides is 1. The minimum Gasteiger partial charge on any atom is -0.340 e. The number of carbonyl (C=O) groups excluding carboxylic acids is 1. The minimum atomic E-state index is -0.326. The van der Waals surface area contributed by atoms with Gasteiger partial charge in [0.2, 0.25) is 0 Å². The Morgan fingerprint density at radius 1 is 0.893 bits per heavy atom. The molecule has 1 amide bonds. The molecule has 28 heavy (non-hydrogen) atoms. The summed E-state index contributed by atoms with van der Waals surface area (Å²) in [6, 6.07) is 20.7. The lowest BCUT2D eigenvalue weighted by Crippen LogP contribution is -2.29. The standard InChI is InChI=1S/C22H17FN4O/c23-18-6-8-19(9-7-18)27-15-12-20(26-27)22(28)25-21(16-4-2-1-3-5-16)17-10-13-24-14-11-17/h1-15,21H,(H,25,28). The average Bonchev–Trinajstić information content (AvgIpc) is 3.24. The van der Waals surface area contributed by atoms with E-state index in [1.807, 2.05) is 42.5 Å². The summed E-state index contributed by atoms with van der Waals surface area (Å²) in [6.07, 6.45) is 5.06. The van der Waals surface area contributed by atoms with Gasteiger partial charge in [0, 0.05) is 18.6 Å². The van der Waals surface area contributed by atoms with Gasteiger partial charge in [-0.1, -0.05) is 30.3 Å². The van der Waals surface area contributed by atoms with Crippen LogP contribution in [0.15, 0.2) is 91.4 Å². The van der Waals surface area contributed by atoms with Crippen molar-refractivity contribution in [2.75, 3.05) is 0 Å². The summed E-state index contributed by atoms with van der Waals surface area (Å²) < 4.78 is 14.6. The number of carbonyl (C=O) groups is 1. The van der Waals surface area contributed by atoms with Crippen LogP contribution >= 0.6 is 0 Å². The highest BCUT2D eigenvalue weighted by Gasteiger charge is 2.19. The molecule has 6 heteroatoms. The number of hydrogen-bond acceptors (Lipinski definition) is 3. The van der Waals surface area contributed by atoms with E-state index in [9.17, 15) is 9.18 Å². The fourth-order valence-electron chi connectivity index (χ4n) is 2.95. The van der Waals surface area contributed by atoms with Crippen LogP contribution in [0.4, 0.5) is 4.39 Å². The molecule has 1 atom stereocenters. The summed E-state index contributed by atoms with van der Waals surface area (Å²) in [5.41, 5.74) is 2.83. The fourth-order valence-corrected chi connectivity index (χ4v) is 2.95. The van der Waals surface area contributed by atoms with Gasteiger partial charge in [0.15, 0.2) is 5.69 Å². The molecule has 2 heterocycles. The van der Waals surface area contributed by atoms with Gasteiger partial charge in [0.25, 0.3) is 5.91 Å². The molecule has 0 aliphatic rings. The lowest BCUT2D eigenvalue weighted by Gasteiger charge is -2.19. The predicted molar refractivity (Wildman–Crippen MR) is 104 cm³/mol. The van der Waals surface area contributed by atoms with E-state index >= 15 is 0 Å². The summed E-state index contributed by atoms with van der Waals surface area (Å²) in [5, 5.41) is 7.36. The number of aromatic nitrogens is 3. The van der Waals surface area contributed by atoms with Crippen LogP contribution in [0.3, 0.4) is 0 Å². The first-order chi connectivity index (χ1) is 13.7. The quantitative estimate of drug-likeness (QED) is 0.578. The summed E-state index contributed by atoms with van der Waals surface area (Å²) in [4.78, 5) is 16.9. The molecule has 4 rings (SSSR count). The van der Waals surface area contributed by atoms with Crippen molar-refractivity contribution < 1.29 is 9.18 Å². The van der Waals surface area contributed by atoms with Gasteiger partial charge in [-0.15, -0.1) is 0 Å². The molecule has 5 nitrogen and oxygen atoms in total. The number of nitrogens with one attached hydrogen (secondary N) is 1. The zero-order valence-corrected chi connectivity index (χ0v) is 14.9. The third kappa shape index (κ3) is 3.81. The Balaban J connectivity index is 1.59. The molecule has 0 radical (unpaired) electrons. The zero-order valence-electron chi connectivity index (χ0n) is 14.9. The van der Waals surface area contributed by atoms with Gasteiger partial charge in [-0.2, -0.15) is 5.10 Å². The first kappa shape index (κ1) is 17.6. The molecule has 0 saturated carbocycles. The highest BCUT2D eigenvalue weighted by atomic mass is 19.1. The Morgan fingerprint density at radius 2 is 1.57 bits per heavy atom. The number of rotatable bonds is 5. The summed E-state index contributed by atoms with van der Waals surface area (Å²) >= 11 is 0. The molecular formula is C22H17FN4O. The summed E-state index contributed by atoms with van der Waals surface area (Å²) in [7, 11) is 0. The van der Waals surface area contributed by atoms with Crippen molar-refractivity contribution in [2.24, 2.45) is 0 Å². The van der Waals surface area contributed by atoms with Gasteiger partial charge in [0.1, 0.15) is 5.82 Å². The lowest BCUT2D eigenvalue weighted by atomic mass is 9.99. The molecular weight excluding hydrogens is 355 g/mol. The van der Waals surface area contributed by atoms with Crippen LogP contribution in [0.2, 0.25) is 0 Å². The summed E-state index contributed by atoms with van der Waals surface area (Å²) in [6.45, 7) is 0. The second-order valence-electron chi connectivity index (χ2n) is 6.22. The maximum Gasteiger partial charge on any atom is 0.272 e. The van der Waals surface area contributed by atoms with E-state index in [0.29, 0.717) is 5.69 Å². The molecule has 1 N–H and O–H groups in total. The second-order valence-corrected chi connectivity index (χ2v) is 6.22. The van der Waals surface area contributed by atoms with Crippen molar-refractivity contribution >= 4 is 5.91 Å². The van der Waals surface area contributed by atoms with Gasteiger partial charge >= 0.3 is 0 Å². The number of hydrogen-bond donors (Lipinski definition) is 1. The van der Waals surface area contributed by atoms with Crippen LogP contribution in [0, 0.1) is 5.82 Å². The Morgan fingerprint density at radius 3 is 2.29 bits per heavy atom. The van der Waals surface area contributed by atoms with Crippen molar-refractivity contribution in [3.63, 3.8) is 0 Å². The predicted octanol–water partition coefficient (Wildman–Crippen LogP) is 3.93. The molecule has 2 aromatic heterocycles. The maximum atomic E-state index is 13.1. The number of benzene rings is 2. The molecule has 2 aromatic carbocycles. The Kier molecular flexibility index (Phi) is 4.93. The van der Waals surface area contributed by atoms with Gasteiger partial charge in [0.05, 0.1) is 11.7 Å². The molecule has 0 saturated heterocycles. The van der Waals surface area contributed by atoms with E-state index in [1.54, 1.807) is 36.8 Å². The van der Waals surface area contributed by atoms with E-state index in [0.717, 1.165) is 11.1 Å². The monoisotopic (exact) mass is 372 g/mol. The van der Waals surface area contributed by atoms with Gasteiger partial charge in [-0.25, -0.2) is 9.07 Å². The second kappa shape index (κ2) is 7.84. The minimum absolute atomic E-state index is 0.277. The molecule has 0 fully saturated rings. The molecule has 0 spiro atoms. The number of halogens is 1. The maximum absolute atomic E-state index is 13.1. The number of pyridine rings is 1. The van der Waals surface area contributed by atoms with Crippen LogP contribution in [-0.4, -0.2) is 20.7 Å². The highest BCUT2D eigenvalue weighted by molar-refractivity contribution is 5.92. The van der Waals surface area contributed by atoms with E-state index in [1.165, 1.54) is 16.8 Å². The van der Waals surface area contributed by atoms with Crippen LogP contribution in [-0.2, 0) is 0 Å². The normalized spacial score (nSPS) is 11.8. The van der Waals surface area contributed by atoms with Crippen LogP contribution in [0.5, 0.6) is 0 Å². The Bertz CT molecular complexity index is 1020. The van der Waals surface area contributed by atoms with Crippen molar-refractivity contribution in [3.05, 3.63) is 114 Å². The zero-order chi connectivity index (χ0) is 19.3. The molecule has 1 unspecified atom stereocenters. The van der Waals surface area contributed by atoms with E-state index in [-0.39, 0.29) is 23.5 Å². The van der Waals surface area contributed by atoms with Gasteiger partial charge in [-0.3, -0.25) is 9.78 Å². The van der Waals surface area contributed by atoms with Crippen LogP contribution in [0.25, 0.3) is 5.69 Å². The highest BCUT2D eigenvalue weighted by Crippen LogP contribution is 2.22. The molecule has 4 aromatic rings. The first-order valence-corrected chi connectivity index (χ1v) is 8.78. The van der Waals surface area contributed by atoms with E-state index < -0.39 is 0 Å². The molecule has 0 aliphatic carbocycles. The van der Waals surface area contributed by atoms with Crippen molar-refractivity contribution in [3.8, 4) is 5.69 Å². The molecule has 0 bridgehead atoms. The smallest absolute Gasteiger partial charge is 0.272 e. The third-order valence-electron chi connectivity index (χ3n) is 4.36. The van der Waals surface area contributed by atoms with Crippen LogP contribution < -0.4 is 5.32 Å². The first-order valence-electron chi connectivity index (χ1n) is 8.78. The third-order valence-corrected chi connectivity index (χ3v) is 4.36. The summed E-state index contributed by atoms with van der Waals surface area (Å²) in [5.74, 6) is -0.622. The topological polar surface area (TPSA) is 59.8 Å². The van der Waals surface area contributed by atoms with Gasteiger partial charge < -0.3 is 5.32 Å².